The average molecular weight is 284 g/mol. The van der Waals surface area contributed by atoms with Gasteiger partial charge in [0.2, 0.25) is 0 Å². The van der Waals surface area contributed by atoms with E-state index < -0.39 is 17.6 Å². The Kier molecular flexibility index (Phi) is 4.45. The van der Waals surface area contributed by atoms with Gasteiger partial charge in [0.05, 0.1) is 12.1 Å². The maximum atomic E-state index is 12.1. The number of aliphatic hydroxyl groups is 2. The minimum absolute atomic E-state index is 0.103. The van der Waals surface area contributed by atoms with Gasteiger partial charge >= 0.3 is 0 Å². The Balaban J connectivity index is 2.09. The van der Waals surface area contributed by atoms with Crippen LogP contribution >= 0.6 is 11.6 Å². The van der Waals surface area contributed by atoms with Crippen LogP contribution in [0, 0.1) is 0 Å². The zero-order valence-electron chi connectivity index (χ0n) is 10.6. The Hall–Kier alpha value is -1.10. The second-order valence-corrected chi connectivity index (χ2v) is 5.47. The fraction of sp³-hybridized carbons (Fsp3) is 0.500. The van der Waals surface area contributed by atoms with Crippen LogP contribution in [0.2, 0.25) is 5.02 Å². The highest BCUT2D eigenvalue weighted by Gasteiger charge is 2.36. The number of carbonyl (C=O) groups excluding carboxylic acids is 1. The van der Waals surface area contributed by atoms with Crippen LogP contribution in [0.15, 0.2) is 24.3 Å². The number of benzene rings is 1. The molecule has 104 valence electrons. The van der Waals surface area contributed by atoms with Crippen molar-refractivity contribution >= 4 is 17.5 Å². The fourth-order valence-corrected chi connectivity index (χ4v) is 2.78. The SMILES string of the molecule is O=C(NC1(CO)CCCC1)[C@H](O)c1ccccc1Cl. The molecular weight excluding hydrogens is 266 g/mol. The summed E-state index contributed by atoms with van der Waals surface area (Å²) in [5, 5.41) is 22.6. The molecule has 1 aliphatic carbocycles. The number of aliphatic hydroxyl groups excluding tert-OH is 2. The molecule has 1 saturated carbocycles. The molecule has 0 bridgehead atoms. The molecule has 0 unspecified atom stereocenters. The largest absolute Gasteiger partial charge is 0.394 e. The van der Waals surface area contributed by atoms with Crippen LogP contribution in [0.4, 0.5) is 0 Å². The molecule has 0 heterocycles. The van der Waals surface area contributed by atoms with E-state index in [2.05, 4.69) is 5.32 Å². The summed E-state index contributed by atoms with van der Waals surface area (Å²) >= 11 is 5.96. The first-order valence-electron chi connectivity index (χ1n) is 6.43. The average Bonchev–Trinajstić information content (AvgIpc) is 2.87. The first kappa shape index (κ1) is 14.3. The predicted molar refractivity (Wildman–Crippen MR) is 72.8 cm³/mol. The van der Waals surface area contributed by atoms with Crippen LogP contribution in [0.25, 0.3) is 0 Å². The second-order valence-electron chi connectivity index (χ2n) is 5.06. The summed E-state index contributed by atoms with van der Waals surface area (Å²) in [6.45, 7) is -0.103. The van der Waals surface area contributed by atoms with Crippen molar-refractivity contribution in [3.8, 4) is 0 Å². The van der Waals surface area contributed by atoms with Crippen LogP contribution in [0.3, 0.4) is 0 Å². The molecule has 1 fully saturated rings. The van der Waals surface area contributed by atoms with E-state index in [1.54, 1.807) is 24.3 Å². The number of carbonyl (C=O) groups is 1. The Bertz CT molecular complexity index is 458. The normalized spacial score (nSPS) is 19.1. The topological polar surface area (TPSA) is 69.6 Å². The highest BCUT2D eigenvalue weighted by atomic mass is 35.5. The lowest BCUT2D eigenvalue weighted by Gasteiger charge is -2.29. The van der Waals surface area contributed by atoms with Gasteiger partial charge in [0, 0.05) is 10.6 Å². The quantitative estimate of drug-likeness (QED) is 0.789. The number of halogens is 1. The number of hydrogen-bond acceptors (Lipinski definition) is 3. The van der Waals surface area contributed by atoms with Crippen molar-refractivity contribution in [3.63, 3.8) is 0 Å². The van der Waals surface area contributed by atoms with E-state index in [1.807, 2.05) is 0 Å². The molecule has 0 aliphatic heterocycles. The molecule has 0 radical (unpaired) electrons. The van der Waals surface area contributed by atoms with Gasteiger partial charge in [-0.2, -0.15) is 0 Å². The Morgan fingerprint density at radius 3 is 2.58 bits per heavy atom. The van der Waals surface area contributed by atoms with Crippen molar-refractivity contribution in [2.45, 2.75) is 37.3 Å². The molecule has 0 saturated heterocycles. The van der Waals surface area contributed by atoms with E-state index in [1.165, 1.54) is 0 Å². The summed E-state index contributed by atoms with van der Waals surface area (Å²) in [5.41, 5.74) is -0.202. The van der Waals surface area contributed by atoms with Crippen molar-refractivity contribution in [2.24, 2.45) is 0 Å². The highest BCUT2D eigenvalue weighted by Crippen LogP contribution is 2.30. The van der Waals surface area contributed by atoms with Gasteiger partial charge in [0.15, 0.2) is 6.10 Å². The molecule has 1 aromatic carbocycles. The van der Waals surface area contributed by atoms with Crippen LogP contribution in [-0.4, -0.2) is 28.3 Å². The standard InChI is InChI=1S/C14H18ClNO3/c15-11-6-2-1-5-10(11)12(18)13(19)16-14(9-17)7-3-4-8-14/h1-2,5-6,12,17-18H,3-4,7-9H2,(H,16,19)/t12-/m1/s1. The summed E-state index contributed by atoms with van der Waals surface area (Å²) in [7, 11) is 0. The van der Waals surface area contributed by atoms with Gasteiger partial charge in [-0.05, 0) is 18.9 Å². The van der Waals surface area contributed by atoms with E-state index in [-0.39, 0.29) is 6.61 Å². The van der Waals surface area contributed by atoms with Crippen molar-refractivity contribution in [2.75, 3.05) is 6.61 Å². The Morgan fingerprint density at radius 1 is 1.37 bits per heavy atom. The Morgan fingerprint density at radius 2 is 2.00 bits per heavy atom. The maximum Gasteiger partial charge on any atom is 0.254 e. The van der Waals surface area contributed by atoms with E-state index in [9.17, 15) is 15.0 Å². The molecule has 0 aromatic heterocycles. The van der Waals surface area contributed by atoms with Crippen molar-refractivity contribution in [1.82, 2.24) is 5.32 Å². The van der Waals surface area contributed by atoms with Gasteiger partial charge in [-0.3, -0.25) is 4.79 Å². The Labute approximate surface area is 117 Å². The molecular formula is C14H18ClNO3. The van der Waals surface area contributed by atoms with Gasteiger partial charge in [-0.1, -0.05) is 42.6 Å². The molecule has 1 amide bonds. The molecule has 5 heteroatoms. The van der Waals surface area contributed by atoms with Gasteiger partial charge in [-0.15, -0.1) is 0 Å². The summed E-state index contributed by atoms with van der Waals surface area (Å²) in [6, 6.07) is 6.70. The summed E-state index contributed by atoms with van der Waals surface area (Å²) in [6.07, 6.45) is 2.12. The van der Waals surface area contributed by atoms with Gasteiger partial charge in [-0.25, -0.2) is 0 Å². The zero-order valence-corrected chi connectivity index (χ0v) is 11.4. The maximum absolute atomic E-state index is 12.1. The first-order chi connectivity index (χ1) is 9.08. The number of nitrogens with one attached hydrogen (secondary N) is 1. The van der Waals surface area contributed by atoms with Gasteiger partial charge < -0.3 is 15.5 Å². The molecule has 1 atom stereocenters. The third kappa shape index (κ3) is 3.08. The molecule has 1 aromatic rings. The molecule has 4 nitrogen and oxygen atoms in total. The highest BCUT2D eigenvalue weighted by molar-refractivity contribution is 6.31. The van der Waals surface area contributed by atoms with Gasteiger partial charge in [0.1, 0.15) is 0 Å². The second kappa shape index (κ2) is 5.90. The monoisotopic (exact) mass is 283 g/mol. The molecule has 2 rings (SSSR count). The van der Waals surface area contributed by atoms with E-state index >= 15 is 0 Å². The van der Waals surface area contributed by atoms with Gasteiger partial charge in [0.25, 0.3) is 5.91 Å². The van der Waals surface area contributed by atoms with Crippen molar-refractivity contribution in [3.05, 3.63) is 34.9 Å². The van der Waals surface area contributed by atoms with E-state index in [4.69, 9.17) is 11.6 Å². The fourth-order valence-electron chi connectivity index (χ4n) is 2.54. The van der Waals surface area contributed by atoms with Crippen LogP contribution < -0.4 is 5.32 Å². The zero-order chi connectivity index (χ0) is 13.9. The molecule has 1 aliphatic rings. The number of hydrogen-bond donors (Lipinski definition) is 3. The van der Waals surface area contributed by atoms with Crippen molar-refractivity contribution in [1.29, 1.82) is 0 Å². The lowest BCUT2D eigenvalue weighted by molar-refractivity contribution is -0.132. The molecule has 19 heavy (non-hydrogen) atoms. The predicted octanol–water partition coefficient (Wildman–Crippen LogP) is 1.79. The summed E-state index contributed by atoms with van der Waals surface area (Å²) in [4.78, 5) is 12.1. The lowest BCUT2D eigenvalue weighted by Crippen LogP contribution is -2.50. The third-order valence-corrected chi connectivity index (χ3v) is 4.04. The summed E-state index contributed by atoms with van der Waals surface area (Å²) in [5.74, 6) is -0.510. The molecule has 0 spiro atoms. The lowest BCUT2D eigenvalue weighted by atomic mass is 9.97. The van der Waals surface area contributed by atoms with Crippen LogP contribution in [-0.2, 0) is 4.79 Å². The van der Waals surface area contributed by atoms with E-state index in [0.717, 1.165) is 25.7 Å². The first-order valence-corrected chi connectivity index (χ1v) is 6.81. The minimum Gasteiger partial charge on any atom is -0.394 e. The van der Waals surface area contributed by atoms with Crippen LogP contribution in [0.1, 0.15) is 37.4 Å². The smallest absolute Gasteiger partial charge is 0.254 e. The molecule has 3 N–H and O–H groups in total. The number of amides is 1. The third-order valence-electron chi connectivity index (χ3n) is 3.70. The number of rotatable bonds is 4. The summed E-state index contributed by atoms with van der Waals surface area (Å²) < 4.78 is 0. The van der Waals surface area contributed by atoms with E-state index in [0.29, 0.717) is 10.6 Å². The minimum atomic E-state index is -1.31. The van der Waals surface area contributed by atoms with Crippen LogP contribution in [0.5, 0.6) is 0 Å². The van der Waals surface area contributed by atoms with Crippen molar-refractivity contribution < 1.29 is 15.0 Å².